The van der Waals surface area contributed by atoms with Crippen molar-refractivity contribution >= 4 is 12.1 Å². The molecule has 1 heterocycles. The molecule has 0 saturated carbocycles. The van der Waals surface area contributed by atoms with Crippen LogP contribution >= 0.6 is 0 Å². The highest BCUT2D eigenvalue weighted by molar-refractivity contribution is 5.81. The van der Waals surface area contributed by atoms with Crippen molar-refractivity contribution in [2.75, 3.05) is 0 Å². The van der Waals surface area contributed by atoms with Gasteiger partial charge in [0, 0.05) is 17.9 Å². The van der Waals surface area contributed by atoms with E-state index in [-0.39, 0.29) is 12.8 Å². The van der Waals surface area contributed by atoms with Gasteiger partial charge in [0.15, 0.2) is 0 Å². The zero-order valence-corrected chi connectivity index (χ0v) is 17.9. The van der Waals surface area contributed by atoms with Crippen LogP contribution in [-0.4, -0.2) is 52.3 Å². The van der Waals surface area contributed by atoms with Gasteiger partial charge in [0.25, 0.3) is 0 Å². The Hall–Kier alpha value is -2.38. The highest BCUT2D eigenvalue weighted by Crippen LogP contribution is 2.32. The lowest BCUT2D eigenvalue weighted by Gasteiger charge is -2.38. The van der Waals surface area contributed by atoms with E-state index in [0.29, 0.717) is 18.6 Å². The zero-order chi connectivity index (χ0) is 22.5. The Labute approximate surface area is 176 Å². The highest BCUT2D eigenvalue weighted by Gasteiger charge is 2.42. The molecule has 1 aromatic rings. The minimum absolute atomic E-state index is 0.201. The molecule has 0 aromatic heterocycles. The largest absolute Gasteiger partial charge is 0.486 e. The molecule has 0 spiro atoms. The van der Waals surface area contributed by atoms with Gasteiger partial charge < -0.3 is 14.6 Å². The molecule has 1 aromatic carbocycles. The van der Waals surface area contributed by atoms with Crippen molar-refractivity contribution in [1.29, 1.82) is 0 Å². The number of hydrogen-bond donors (Lipinski definition) is 1. The van der Waals surface area contributed by atoms with Gasteiger partial charge in [0.05, 0.1) is 0 Å². The van der Waals surface area contributed by atoms with Gasteiger partial charge in [0.2, 0.25) is 6.43 Å². The molecule has 30 heavy (non-hydrogen) atoms. The minimum Gasteiger partial charge on any atom is -0.486 e. The first-order valence-corrected chi connectivity index (χ1v) is 10.2. The summed E-state index contributed by atoms with van der Waals surface area (Å²) in [7, 11) is 0. The molecule has 0 aliphatic carbocycles. The Morgan fingerprint density at radius 2 is 1.90 bits per heavy atom. The van der Waals surface area contributed by atoms with E-state index in [0.717, 1.165) is 4.90 Å². The van der Waals surface area contributed by atoms with Crippen LogP contribution in [0.15, 0.2) is 30.3 Å². The quantitative estimate of drug-likeness (QED) is 0.672. The summed E-state index contributed by atoms with van der Waals surface area (Å²) in [5.74, 6) is -0.721. The maximum absolute atomic E-state index is 13.3. The molecule has 0 bridgehead atoms. The van der Waals surface area contributed by atoms with Gasteiger partial charge in [-0.25, -0.2) is 18.4 Å². The number of alkyl halides is 2. The Morgan fingerprint density at radius 1 is 1.27 bits per heavy atom. The number of carbonyl (C=O) groups is 2. The van der Waals surface area contributed by atoms with Gasteiger partial charge in [-0.3, -0.25) is 4.90 Å². The summed E-state index contributed by atoms with van der Waals surface area (Å²) in [6.45, 7) is 6.71. The molecule has 1 N–H and O–H groups in total. The van der Waals surface area contributed by atoms with Gasteiger partial charge >= 0.3 is 12.1 Å². The summed E-state index contributed by atoms with van der Waals surface area (Å²) in [5, 5.41) is 9.69. The fourth-order valence-corrected chi connectivity index (χ4v) is 4.02. The molecule has 8 heteroatoms. The minimum atomic E-state index is -2.53. The number of para-hydroxylation sites is 1. The molecule has 6 nitrogen and oxygen atoms in total. The predicted molar refractivity (Wildman–Crippen MR) is 108 cm³/mol. The molecule has 4 atom stereocenters. The van der Waals surface area contributed by atoms with Crippen LogP contribution in [-0.2, 0) is 9.53 Å². The second-order valence-corrected chi connectivity index (χ2v) is 8.69. The van der Waals surface area contributed by atoms with E-state index < -0.39 is 48.2 Å². The lowest BCUT2D eigenvalue weighted by Crippen LogP contribution is -2.55. The van der Waals surface area contributed by atoms with E-state index in [9.17, 15) is 23.5 Å². The van der Waals surface area contributed by atoms with Crippen molar-refractivity contribution in [1.82, 2.24) is 4.90 Å². The molecular formula is C22H31F2NO5. The summed E-state index contributed by atoms with van der Waals surface area (Å²) >= 11 is 0. The van der Waals surface area contributed by atoms with Crippen LogP contribution in [0, 0.1) is 5.92 Å². The van der Waals surface area contributed by atoms with Gasteiger partial charge in [-0.2, -0.15) is 0 Å². The van der Waals surface area contributed by atoms with Gasteiger partial charge in [0.1, 0.15) is 24.0 Å². The average Bonchev–Trinajstić information content (AvgIpc) is 2.67. The van der Waals surface area contributed by atoms with Crippen molar-refractivity contribution in [3.05, 3.63) is 30.3 Å². The van der Waals surface area contributed by atoms with Crippen LogP contribution in [0.5, 0.6) is 5.75 Å². The van der Waals surface area contributed by atoms with Crippen LogP contribution in [0.2, 0.25) is 0 Å². The molecule has 1 fully saturated rings. The van der Waals surface area contributed by atoms with Crippen molar-refractivity contribution in [2.24, 2.45) is 5.92 Å². The first kappa shape index (κ1) is 23.9. The van der Waals surface area contributed by atoms with Crippen molar-refractivity contribution in [3.63, 3.8) is 0 Å². The fraction of sp³-hybridized carbons (Fsp3) is 0.636. The SMILES string of the molecule is C[C@@H]1OC(=O)[C@@H](N(C(=O)O)C(C)(C)C)CCC[C@H](CC(F)F)[C@H]1Oc1ccccc1. The molecular weight excluding hydrogens is 396 g/mol. The monoisotopic (exact) mass is 427 g/mol. The van der Waals surface area contributed by atoms with Crippen molar-refractivity contribution < 1.29 is 33.0 Å². The molecule has 1 aliphatic rings. The number of esters is 1. The summed E-state index contributed by atoms with van der Waals surface area (Å²) < 4.78 is 38.2. The van der Waals surface area contributed by atoms with Crippen LogP contribution in [0.4, 0.5) is 13.6 Å². The number of ether oxygens (including phenoxy) is 2. The third-order valence-corrected chi connectivity index (χ3v) is 5.29. The standard InChI is InChI=1S/C22H31F2NO5/c1-14-19(30-16-10-6-5-7-11-16)15(13-18(23)24)9-8-12-17(20(26)29-14)25(21(27)28)22(2,3)4/h5-7,10-11,14-15,17-19H,8-9,12-13H2,1-4H3,(H,27,28)/t14-,15+,17-,19-/m0/s1. The summed E-state index contributed by atoms with van der Waals surface area (Å²) in [4.78, 5) is 25.9. The van der Waals surface area contributed by atoms with Gasteiger partial charge in [-0.15, -0.1) is 0 Å². The highest BCUT2D eigenvalue weighted by atomic mass is 19.3. The Balaban J connectivity index is 2.33. The van der Waals surface area contributed by atoms with Crippen LogP contribution < -0.4 is 4.74 Å². The van der Waals surface area contributed by atoms with E-state index in [4.69, 9.17) is 9.47 Å². The topological polar surface area (TPSA) is 76.1 Å². The number of carboxylic acid groups (broad SMARTS) is 1. The number of nitrogens with zero attached hydrogens (tertiary/aromatic N) is 1. The Bertz CT molecular complexity index is 707. The van der Waals surface area contributed by atoms with Crippen molar-refractivity contribution in [2.45, 2.75) is 83.6 Å². The molecule has 168 valence electrons. The first-order chi connectivity index (χ1) is 14.0. The number of hydrogen-bond acceptors (Lipinski definition) is 4. The normalized spacial score (nSPS) is 25.6. The smallest absolute Gasteiger partial charge is 0.408 e. The molecule has 1 amide bonds. The number of rotatable bonds is 5. The molecule has 2 rings (SSSR count). The Kier molecular flexibility index (Phi) is 8.03. The predicted octanol–water partition coefficient (Wildman–Crippen LogP) is 4.97. The van der Waals surface area contributed by atoms with Crippen LogP contribution in [0.25, 0.3) is 0 Å². The Morgan fingerprint density at radius 3 is 2.43 bits per heavy atom. The second kappa shape index (κ2) is 10.1. The average molecular weight is 427 g/mol. The first-order valence-electron chi connectivity index (χ1n) is 10.2. The number of carbonyl (C=O) groups excluding carboxylic acids is 1. The summed E-state index contributed by atoms with van der Waals surface area (Å²) in [6, 6.07) is 7.78. The maximum atomic E-state index is 13.3. The van der Waals surface area contributed by atoms with E-state index in [1.807, 2.05) is 6.07 Å². The zero-order valence-electron chi connectivity index (χ0n) is 17.9. The maximum Gasteiger partial charge on any atom is 0.408 e. The number of amides is 1. The second-order valence-electron chi connectivity index (χ2n) is 8.69. The summed E-state index contributed by atoms with van der Waals surface area (Å²) in [6.07, 6.45) is -4.75. The van der Waals surface area contributed by atoms with Gasteiger partial charge in [-0.1, -0.05) is 24.6 Å². The molecule has 0 radical (unpaired) electrons. The van der Waals surface area contributed by atoms with E-state index in [1.54, 1.807) is 52.0 Å². The third-order valence-electron chi connectivity index (χ3n) is 5.29. The molecule has 1 aliphatic heterocycles. The van der Waals surface area contributed by atoms with Gasteiger partial charge in [-0.05, 0) is 52.7 Å². The third kappa shape index (κ3) is 6.31. The van der Waals surface area contributed by atoms with Crippen molar-refractivity contribution in [3.8, 4) is 5.75 Å². The lowest BCUT2D eigenvalue weighted by molar-refractivity contribution is -0.161. The van der Waals surface area contributed by atoms with E-state index in [2.05, 4.69) is 0 Å². The lowest BCUT2D eigenvalue weighted by atomic mass is 9.89. The number of cyclic esters (lactones) is 1. The molecule has 0 unspecified atom stereocenters. The fourth-order valence-electron chi connectivity index (χ4n) is 4.02. The number of benzene rings is 1. The summed E-state index contributed by atoms with van der Waals surface area (Å²) in [5.41, 5.74) is -0.824. The number of halogens is 2. The van der Waals surface area contributed by atoms with E-state index >= 15 is 0 Å². The van der Waals surface area contributed by atoms with E-state index in [1.165, 1.54) is 0 Å². The van der Waals surface area contributed by atoms with Crippen LogP contribution in [0.1, 0.15) is 53.4 Å². The molecule has 1 saturated heterocycles. The van der Waals surface area contributed by atoms with Crippen LogP contribution in [0.3, 0.4) is 0 Å².